The van der Waals surface area contributed by atoms with Gasteiger partial charge in [-0.3, -0.25) is 4.79 Å². The van der Waals surface area contributed by atoms with Crippen LogP contribution in [0.1, 0.15) is 53.4 Å². The molecule has 0 aromatic heterocycles. The maximum atomic E-state index is 12.6. The number of amides is 1. The Labute approximate surface area is 118 Å². The first-order chi connectivity index (χ1) is 8.89. The molecule has 0 aromatic carbocycles. The Morgan fingerprint density at radius 2 is 1.79 bits per heavy atom. The molecule has 3 nitrogen and oxygen atoms in total. The van der Waals surface area contributed by atoms with Crippen molar-refractivity contribution < 1.29 is 4.79 Å². The minimum Gasteiger partial charge on any atom is -0.337 e. The van der Waals surface area contributed by atoms with Crippen molar-refractivity contribution >= 4 is 5.91 Å². The fourth-order valence-corrected chi connectivity index (χ4v) is 3.61. The van der Waals surface area contributed by atoms with Crippen LogP contribution in [0.4, 0.5) is 0 Å². The van der Waals surface area contributed by atoms with Crippen molar-refractivity contribution in [3.63, 3.8) is 0 Å². The number of nitrogens with one attached hydrogen (secondary N) is 1. The summed E-state index contributed by atoms with van der Waals surface area (Å²) in [6, 6.07) is 0.363. The summed E-state index contributed by atoms with van der Waals surface area (Å²) in [6.07, 6.45) is 4.63. The minimum absolute atomic E-state index is 0.291. The van der Waals surface area contributed by atoms with E-state index in [1.165, 1.54) is 12.8 Å². The normalized spacial score (nSPS) is 33.3. The predicted molar refractivity (Wildman–Crippen MR) is 78.9 cm³/mol. The van der Waals surface area contributed by atoms with Crippen LogP contribution in [0.25, 0.3) is 0 Å². The lowest BCUT2D eigenvalue weighted by Crippen LogP contribution is -2.54. The molecule has 0 aromatic rings. The van der Waals surface area contributed by atoms with Gasteiger partial charge in [0.05, 0.1) is 0 Å². The smallest absolute Gasteiger partial charge is 0.226 e. The van der Waals surface area contributed by atoms with Gasteiger partial charge >= 0.3 is 0 Å². The third kappa shape index (κ3) is 3.50. The van der Waals surface area contributed by atoms with Gasteiger partial charge in [-0.05, 0) is 43.9 Å². The topological polar surface area (TPSA) is 32.3 Å². The minimum atomic E-state index is 0.291. The van der Waals surface area contributed by atoms with Crippen molar-refractivity contribution in [2.45, 2.75) is 59.4 Å². The molecule has 1 aliphatic carbocycles. The van der Waals surface area contributed by atoms with E-state index in [4.69, 9.17) is 0 Å². The zero-order valence-corrected chi connectivity index (χ0v) is 13.0. The molecule has 1 N–H and O–H groups in total. The van der Waals surface area contributed by atoms with E-state index in [1.807, 2.05) is 0 Å². The Kier molecular flexibility index (Phi) is 4.54. The van der Waals surface area contributed by atoms with Crippen LogP contribution in [-0.4, -0.2) is 36.5 Å². The van der Waals surface area contributed by atoms with Crippen LogP contribution in [0.15, 0.2) is 0 Å². The van der Waals surface area contributed by atoms with Crippen LogP contribution in [0.5, 0.6) is 0 Å². The average molecular weight is 266 g/mol. The van der Waals surface area contributed by atoms with Crippen molar-refractivity contribution in [2.75, 3.05) is 19.6 Å². The molecule has 2 fully saturated rings. The van der Waals surface area contributed by atoms with Gasteiger partial charge in [0, 0.05) is 31.6 Å². The van der Waals surface area contributed by atoms with E-state index >= 15 is 0 Å². The van der Waals surface area contributed by atoms with Crippen LogP contribution in [0.2, 0.25) is 0 Å². The quantitative estimate of drug-likeness (QED) is 0.791. The fourth-order valence-electron chi connectivity index (χ4n) is 3.61. The molecule has 1 atom stereocenters. The summed E-state index contributed by atoms with van der Waals surface area (Å²) in [7, 11) is 0. The van der Waals surface area contributed by atoms with Crippen molar-refractivity contribution in [3.05, 3.63) is 0 Å². The molecule has 2 rings (SSSR count). The molecule has 110 valence electrons. The first kappa shape index (κ1) is 14.8. The average Bonchev–Trinajstić information content (AvgIpc) is 2.38. The van der Waals surface area contributed by atoms with Gasteiger partial charge in [0.2, 0.25) is 5.91 Å². The van der Waals surface area contributed by atoms with E-state index < -0.39 is 0 Å². The van der Waals surface area contributed by atoms with Crippen molar-refractivity contribution in [2.24, 2.45) is 17.3 Å². The summed E-state index contributed by atoms with van der Waals surface area (Å²) in [5, 5.41) is 3.36. The Hall–Kier alpha value is -0.570. The highest BCUT2D eigenvalue weighted by Gasteiger charge is 2.35. The van der Waals surface area contributed by atoms with Crippen molar-refractivity contribution in [3.8, 4) is 0 Å². The highest BCUT2D eigenvalue weighted by molar-refractivity contribution is 5.79. The first-order valence-corrected chi connectivity index (χ1v) is 7.91. The molecule has 19 heavy (non-hydrogen) atoms. The summed E-state index contributed by atoms with van der Waals surface area (Å²) in [4.78, 5) is 14.7. The van der Waals surface area contributed by atoms with E-state index in [-0.39, 0.29) is 0 Å². The lowest BCUT2D eigenvalue weighted by molar-refractivity contribution is -0.140. The third-order valence-corrected chi connectivity index (χ3v) is 5.09. The highest BCUT2D eigenvalue weighted by atomic mass is 16.2. The second-order valence-corrected chi connectivity index (χ2v) is 7.50. The maximum absolute atomic E-state index is 12.6. The molecule has 0 radical (unpaired) electrons. The second-order valence-electron chi connectivity index (χ2n) is 7.50. The van der Waals surface area contributed by atoms with E-state index in [0.29, 0.717) is 23.3 Å². The van der Waals surface area contributed by atoms with Crippen molar-refractivity contribution in [1.29, 1.82) is 0 Å². The van der Waals surface area contributed by atoms with Crippen LogP contribution < -0.4 is 5.32 Å². The van der Waals surface area contributed by atoms with E-state index in [2.05, 4.69) is 37.9 Å². The molecular formula is C16H30N2O. The summed E-state index contributed by atoms with van der Waals surface area (Å²) in [5.74, 6) is 1.50. The number of hydrogen-bond donors (Lipinski definition) is 1. The van der Waals surface area contributed by atoms with Crippen LogP contribution >= 0.6 is 0 Å². The molecule has 1 aliphatic heterocycles. The van der Waals surface area contributed by atoms with Gasteiger partial charge in [-0.25, -0.2) is 0 Å². The summed E-state index contributed by atoms with van der Waals surface area (Å²) in [6.45, 7) is 11.9. The Morgan fingerprint density at radius 3 is 2.32 bits per heavy atom. The fraction of sp³-hybridized carbons (Fsp3) is 0.938. The van der Waals surface area contributed by atoms with E-state index in [1.54, 1.807) is 0 Å². The lowest BCUT2D eigenvalue weighted by atomic mass is 9.69. The van der Waals surface area contributed by atoms with Gasteiger partial charge in [-0.1, -0.05) is 20.8 Å². The number of carbonyl (C=O) groups excluding carboxylic acids is 1. The molecule has 2 aliphatic rings. The summed E-state index contributed by atoms with van der Waals surface area (Å²) in [5.41, 5.74) is 0.399. The highest BCUT2D eigenvalue weighted by Crippen LogP contribution is 2.40. The molecule has 3 heteroatoms. The molecule has 0 unspecified atom stereocenters. The van der Waals surface area contributed by atoms with E-state index in [0.717, 1.165) is 38.4 Å². The molecule has 1 heterocycles. The number of rotatable bonds is 1. The van der Waals surface area contributed by atoms with Gasteiger partial charge in [0.15, 0.2) is 0 Å². The number of hydrogen-bond acceptors (Lipinski definition) is 2. The second kappa shape index (κ2) is 5.82. The molecule has 1 amide bonds. The molecular weight excluding hydrogens is 236 g/mol. The number of carbonyl (C=O) groups is 1. The third-order valence-electron chi connectivity index (χ3n) is 5.09. The van der Waals surface area contributed by atoms with Crippen molar-refractivity contribution in [1.82, 2.24) is 10.2 Å². The zero-order valence-electron chi connectivity index (χ0n) is 13.0. The Morgan fingerprint density at radius 1 is 1.16 bits per heavy atom. The zero-order chi connectivity index (χ0) is 14.0. The molecule has 1 saturated heterocycles. The Bertz CT molecular complexity index is 313. The van der Waals surface area contributed by atoms with Gasteiger partial charge in [0.1, 0.15) is 0 Å². The standard InChI is InChI=1S/C16H30N2O/c1-12-11-17-9-10-18(12)15(19)13-5-7-14(8-6-13)16(2,3)4/h12-14,17H,5-11H2,1-4H3/t12-,13?,14?/m0/s1. The molecule has 0 bridgehead atoms. The Balaban J connectivity index is 1.88. The molecule has 0 spiro atoms. The van der Waals surface area contributed by atoms with Gasteiger partial charge < -0.3 is 10.2 Å². The number of piperazine rings is 1. The first-order valence-electron chi connectivity index (χ1n) is 7.91. The van der Waals surface area contributed by atoms with Crippen LogP contribution in [0.3, 0.4) is 0 Å². The van der Waals surface area contributed by atoms with Gasteiger partial charge in [-0.2, -0.15) is 0 Å². The predicted octanol–water partition coefficient (Wildman–Crippen LogP) is 2.66. The summed E-state index contributed by atoms with van der Waals surface area (Å²) < 4.78 is 0. The largest absolute Gasteiger partial charge is 0.337 e. The maximum Gasteiger partial charge on any atom is 0.226 e. The van der Waals surface area contributed by atoms with Gasteiger partial charge in [-0.15, -0.1) is 0 Å². The number of nitrogens with zero attached hydrogens (tertiary/aromatic N) is 1. The SMILES string of the molecule is C[C@H]1CNCCN1C(=O)C1CCC(C(C)(C)C)CC1. The van der Waals surface area contributed by atoms with Crippen LogP contribution in [0, 0.1) is 17.3 Å². The monoisotopic (exact) mass is 266 g/mol. The van der Waals surface area contributed by atoms with Gasteiger partial charge in [0.25, 0.3) is 0 Å². The summed E-state index contributed by atoms with van der Waals surface area (Å²) >= 11 is 0. The van der Waals surface area contributed by atoms with Crippen LogP contribution in [-0.2, 0) is 4.79 Å². The van der Waals surface area contributed by atoms with E-state index in [9.17, 15) is 4.79 Å². The molecule has 1 saturated carbocycles. The lowest BCUT2D eigenvalue weighted by Gasteiger charge is -2.40.